The van der Waals surface area contributed by atoms with E-state index in [1.54, 1.807) is 17.3 Å². The Balaban J connectivity index is 1.31. The Morgan fingerprint density at radius 1 is 1.28 bits per heavy atom. The Labute approximate surface area is 146 Å². The van der Waals surface area contributed by atoms with Gasteiger partial charge < -0.3 is 14.4 Å². The molecule has 2 fully saturated rings. The van der Waals surface area contributed by atoms with Crippen LogP contribution in [0.25, 0.3) is 0 Å². The molecule has 0 aliphatic carbocycles. The van der Waals surface area contributed by atoms with E-state index in [4.69, 9.17) is 9.47 Å². The van der Waals surface area contributed by atoms with Crippen LogP contribution in [0.3, 0.4) is 0 Å². The van der Waals surface area contributed by atoms with E-state index in [0.29, 0.717) is 44.5 Å². The van der Waals surface area contributed by atoms with Gasteiger partial charge in [0.2, 0.25) is 0 Å². The lowest BCUT2D eigenvalue weighted by atomic mass is 9.81. The summed E-state index contributed by atoms with van der Waals surface area (Å²) in [7, 11) is 0. The fourth-order valence-electron chi connectivity index (χ4n) is 3.47. The van der Waals surface area contributed by atoms with Crippen molar-refractivity contribution in [3.8, 4) is 0 Å². The van der Waals surface area contributed by atoms with Gasteiger partial charge in [0, 0.05) is 31.1 Å². The number of hydrogen-bond acceptors (Lipinski definition) is 6. The Bertz CT molecular complexity index is 720. The van der Waals surface area contributed by atoms with Crippen LogP contribution >= 0.6 is 0 Å². The topological polar surface area (TPSA) is 77.4 Å². The first-order valence-corrected chi connectivity index (χ1v) is 8.44. The van der Waals surface area contributed by atoms with Gasteiger partial charge in [-0.15, -0.1) is 0 Å². The van der Waals surface area contributed by atoms with Crippen molar-refractivity contribution in [2.45, 2.75) is 18.6 Å². The van der Waals surface area contributed by atoms with Crippen LogP contribution in [0, 0.1) is 5.92 Å². The second-order valence-corrected chi connectivity index (χ2v) is 6.49. The number of rotatable bonds is 5. The van der Waals surface area contributed by atoms with E-state index in [1.165, 1.54) is 12.4 Å². The summed E-state index contributed by atoms with van der Waals surface area (Å²) in [5.41, 5.74) is 1.02. The molecule has 7 nitrogen and oxygen atoms in total. The number of carbonyl (C=O) groups is 1. The van der Waals surface area contributed by atoms with Crippen molar-refractivity contribution in [2.75, 3.05) is 26.3 Å². The van der Waals surface area contributed by atoms with Gasteiger partial charge in [-0.2, -0.15) is 0 Å². The van der Waals surface area contributed by atoms with Gasteiger partial charge in [-0.1, -0.05) is 6.07 Å². The largest absolute Gasteiger partial charge is 0.375 e. The van der Waals surface area contributed by atoms with E-state index in [-0.39, 0.29) is 11.5 Å². The van der Waals surface area contributed by atoms with Crippen LogP contribution < -0.4 is 0 Å². The van der Waals surface area contributed by atoms with Crippen molar-refractivity contribution >= 4 is 5.91 Å². The predicted octanol–water partition coefficient (Wildman–Crippen LogP) is 1.32. The van der Waals surface area contributed by atoms with Gasteiger partial charge in [0.25, 0.3) is 5.91 Å². The zero-order valence-corrected chi connectivity index (χ0v) is 13.9. The molecule has 7 heteroatoms. The molecule has 1 amide bonds. The summed E-state index contributed by atoms with van der Waals surface area (Å²) < 4.78 is 11.8. The molecule has 2 aliphatic rings. The first-order chi connectivity index (χ1) is 12.3. The highest BCUT2D eigenvalue weighted by Crippen LogP contribution is 2.40. The highest BCUT2D eigenvalue weighted by atomic mass is 16.5. The molecule has 2 aromatic rings. The molecule has 4 rings (SSSR count). The van der Waals surface area contributed by atoms with Crippen molar-refractivity contribution in [3.05, 3.63) is 54.4 Å². The predicted molar refractivity (Wildman–Crippen MR) is 88.6 cm³/mol. The van der Waals surface area contributed by atoms with Gasteiger partial charge in [0.1, 0.15) is 11.3 Å². The first-order valence-electron chi connectivity index (χ1n) is 8.44. The molecule has 0 radical (unpaired) electrons. The van der Waals surface area contributed by atoms with E-state index in [0.717, 1.165) is 12.1 Å². The van der Waals surface area contributed by atoms with Crippen molar-refractivity contribution < 1.29 is 14.3 Å². The third-order valence-electron chi connectivity index (χ3n) is 4.88. The zero-order chi connectivity index (χ0) is 17.1. The summed E-state index contributed by atoms with van der Waals surface area (Å²) in [6.07, 6.45) is 7.30. The second-order valence-electron chi connectivity index (χ2n) is 6.49. The van der Waals surface area contributed by atoms with Gasteiger partial charge in [-0.05, 0) is 18.6 Å². The van der Waals surface area contributed by atoms with Gasteiger partial charge in [0.15, 0.2) is 0 Å². The molecular formula is C18H20N4O3. The molecule has 1 unspecified atom stereocenters. The molecule has 2 saturated heterocycles. The third kappa shape index (κ3) is 3.25. The molecule has 4 heterocycles. The number of carbonyl (C=O) groups excluding carboxylic acids is 1. The maximum Gasteiger partial charge on any atom is 0.274 e. The molecule has 0 N–H and O–H groups in total. The minimum Gasteiger partial charge on any atom is -0.375 e. The van der Waals surface area contributed by atoms with E-state index in [9.17, 15) is 4.79 Å². The Kier molecular flexibility index (Phi) is 4.42. The lowest BCUT2D eigenvalue weighted by Crippen LogP contribution is -2.66. The number of amides is 1. The molecule has 0 aromatic carbocycles. The van der Waals surface area contributed by atoms with Gasteiger partial charge >= 0.3 is 0 Å². The molecule has 2 aliphatic heterocycles. The normalized spacial score (nSPS) is 21.3. The average molecular weight is 340 g/mol. The van der Waals surface area contributed by atoms with E-state index in [1.807, 2.05) is 18.2 Å². The summed E-state index contributed by atoms with van der Waals surface area (Å²) in [4.78, 5) is 26.5. The lowest BCUT2D eigenvalue weighted by molar-refractivity contribution is -0.129. The summed E-state index contributed by atoms with van der Waals surface area (Å²) in [5.74, 6) is 0.199. The molecule has 0 saturated carbocycles. The lowest BCUT2D eigenvalue weighted by Gasteiger charge is -2.49. The summed E-state index contributed by atoms with van der Waals surface area (Å²) in [6, 6.07) is 5.79. The third-order valence-corrected chi connectivity index (χ3v) is 4.88. The van der Waals surface area contributed by atoms with Crippen LogP contribution in [0.4, 0.5) is 0 Å². The number of nitrogens with zero attached hydrogens (tertiary/aromatic N) is 4. The van der Waals surface area contributed by atoms with Crippen molar-refractivity contribution in [3.63, 3.8) is 0 Å². The highest BCUT2D eigenvalue weighted by Gasteiger charge is 2.54. The Morgan fingerprint density at radius 3 is 2.96 bits per heavy atom. The van der Waals surface area contributed by atoms with E-state index in [2.05, 4.69) is 15.0 Å². The molecule has 130 valence electrons. The number of hydrogen-bond donors (Lipinski definition) is 0. The van der Waals surface area contributed by atoms with Crippen LogP contribution in [0.15, 0.2) is 43.0 Å². The highest BCUT2D eigenvalue weighted by molar-refractivity contribution is 5.92. The van der Waals surface area contributed by atoms with Crippen LogP contribution in [0.1, 0.15) is 22.6 Å². The van der Waals surface area contributed by atoms with Crippen LogP contribution in [-0.2, 0) is 16.1 Å². The summed E-state index contributed by atoms with van der Waals surface area (Å²) in [6.45, 7) is 2.99. The summed E-state index contributed by atoms with van der Waals surface area (Å²) in [5, 5.41) is 0. The van der Waals surface area contributed by atoms with Crippen molar-refractivity contribution in [1.29, 1.82) is 0 Å². The van der Waals surface area contributed by atoms with Crippen LogP contribution in [-0.4, -0.2) is 57.7 Å². The maximum atomic E-state index is 12.4. The van der Waals surface area contributed by atoms with Gasteiger partial charge in [-0.3, -0.25) is 14.8 Å². The second kappa shape index (κ2) is 6.85. The molecule has 25 heavy (non-hydrogen) atoms. The number of pyridine rings is 1. The van der Waals surface area contributed by atoms with Gasteiger partial charge in [-0.25, -0.2) is 4.98 Å². The van der Waals surface area contributed by atoms with E-state index >= 15 is 0 Å². The SMILES string of the molecule is O=C(c1cnccn1)N1CC2(C1)OCCC2COCc1ccccn1. The molecule has 0 bridgehead atoms. The Morgan fingerprint density at radius 2 is 2.20 bits per heavy atom. The molecular weight excluding hydrogens is 320 g/mol. The van der Waals surface area contributed by atoms with Crippen molar-refractivity contribution in [2.24, 2.45) is 5.92 Å². The van der Waals surface area contributed by atoms with Crippen LogP contribution in [0.5, 0.6) is 0 Å². The molecule has 2 aromatic heterocycles. The fraction of sp³-hybridized carbons (Fsp3) is 0.444. The Hall–Kier alpha value is -2.38. The maximum absolute atomic E-state index is 12.4. The number of ether oxygens (including phenoxy) is 2. The van der Waals surface area contributed by atoms with E-state index < -0.39 is 0 Å². The molecule has 1 atom stereocenters. The monoisotopic (exact) mass is 340 g/mol. The first kappa shape index (κ1) is 16.1. The minimum absolute atomic E-state index is 0.0950. The fourth-order valence-corrected chi connectivity index (χ4v) is 3.47. The number of aromatic nitrogens is 3. The number of likely N-dealkylation sites (tertiary alicyclic amines) is 1. The summed E-state index contributed by atoms with van der Waals surface area (Å²) >= 11 is 0. The van der Waals surface area contributed by atoms with Crippen LogP contribution in [0.2, 0.25) is 0 Å². The average Bonchev–Trinajstić information content (AvgIpc) is 3.05. The smallest absolute Gasteiger partial charge is 0.274 e. The standard InChI is InChI=1S/C18H20N4O3/c23-17(16-9-19-6-7-21-16)22-12-18(13-22)14(4-8-25-18)10-24-11-15-3-1-2-5-20-15/h1-3,5-7,9,14H,4,8,10-13H2. The van der Waals surface area contributed by atoms with Gasteiger partial charge in [0.05, 0.1) is 38.2 Å². The minimum atomic E-state index is -0.276. The molecule has 1 spiro atoms. The van der Waals surface area contributed by atoms with Crippen molar-refractivity contribution in [1.82, 2.24) is 19.9 Å². The quantitative estimate of drug-likeness (QED) is 0.817. The zero-order valence-electron chi connectivity index (χ0n) is 13.9.